The third kappa shape index (κ3) is 1.82. The fourth-order valence-electron chi connectivity index (χ4n) is 2.08. The molecule has 0 fully saturated rings. The molecule has 0 spiro atoms. The predicted molar refractivity (Wildman–Crippen MR) is 70.3 cm³/mol. The number of ether oxygens (including phenoxy) is 1. The summed E-state index contributed by atoms with van der Waals surface area (Å²) in [6, 6.07) is 5.79. The highest BCUT2D eigenvalue weighted by molar-refractivity contribution is 5.96. The van der Waals surface area contributed by atoms with Crippen molar-refractivity contribution in [2.45, 2.75) is 0 Å². The Hall–Kier alpha value is -2.76. The van der Waals surface area contributed by atoms with Gasteiger partial charge in [0.05, 0.1) is 12.7 Å². The maximum Gasteiger partial charge on any atom is 0.240 e. The first-order valence-electron chi connectivity index (χ1n) is 5.87. The van der Waals surface area contributed by atoms with Gasteiger partial charge in [0.2, 0.25) is 5.88 Å². The summed E-state index contributed by atoms with van der Waals surface area (Å²) >= 11 is 0. The summed E-state index contributed by atoms with van der Waals surface area (Å²) in [4.78, 5) is 15.5. The lowest BCUT2D eigenvalue weighted by Gasteiger charge is -2.00. The Bertz CT molecular complexity index is 781. The van der Waals surface area contributed by atoms with E-state index in [0.717, 1.165) is 0 Å². The van der Waals surface area contributed by atoms with Crippen LogP contribution < -0.4 is 4.74 Å². The second-order valence-electron chi connectivity index (χ2n) is 4.12. The van der Waals surface area contributed by atoms with Gasteiger partial charge in [-0.25, -0.2) is 13.9 Å². The second-order valence-corrected chi connectivity index (χ2v) is 4.12. The third-order valence-electron chi connectivity index (χ3n) is 2.98. The quantitative estimate of drug-likeness (QED) is 0.686. The van der Waals surface area contributed by atoms with Gasteiger partial charge in [-0.1, -0.05) is 0 Å². The highest BCUT2D eigenvalue weighted by Crippen LogP contribution is 2.28. The molecule has 20 heavy (non-hydrogen) atoms. The highest BCUT2D eigenvalue weighted by atomic mass is 19.1. The van der Waals surface area contributed by atoms with Crippen LogP contribution in [0.1, 0.15) is 10.4 Å². The monoisotopic (exact) mass is 271 g/mol. The summed E-state index contributed by atoms with van der Waals surface area (Å²) in [5, 5.41) is 4.33. The van der Waals surface area contributed by atoms with Gasteiger partial charge in [0.15, 0.2) is 6.29 Å². The summed E-state index contributed by atoms with van der Waals surface area (Å²) in [6.07, 6.45) is 3.85. The molecule has 2 heterocycles. The van der Waals surface area contributed by atoms with Gasteiger partial charge in [0, 0.05) is 18.0 Å². The van der Waals surface area contributed by atoms with E-state index >= 15 is 0 Å². The minimum Gasteiger partial charge on any atom is -0.479 e. The van der Waals surface area contributed by atoms with Gasteiger partial charge in [-0.15, -0.1) is 0 Å². The average Bonchev–Trinajstić information content (AvgIpc) is 2.86. The largest absolute Gasteiger partial charge is 0.479 e. The number of aromatic nitrogens is 3. The summed E-state index contributed by atoms with van der Waals surface area (Å²) in [7, 11) is 1.47. The number of aldehydes is 1. The zero-order valence-corrected chi connectivity index (χ0v) is 10.6. The Labute approximate surface area is 113 Å². The van der Waals surface area contributed by atoms with Gasteiger partial charge in [0.1, 0.15) is 17.0 Å². The molecule has 5 nitrogen and oxygen atoms in total. The van der Waals surface area contributed by atoms with Crippen LogP contribution in [0.4, 0.5) is 4.39 Å². The summed E-state index contributed by atoms with van der Waals surface area (Å²) < 4.78 is 19.7. The molecular weight excluding hydrogens is 261 g/mol. The van der Waals surface area contributed by atoms with Crippen molar-refractivity contribution in [3.05, 3.63) is 48.0 Å². The first-order chi connectivity index (χ1) is 9.74. The van der Waals surface area contributed by atoms with Gasteiger partial charge in [0.25, 0.3) is 0 Å². The van der Waals surface area contributed by atoms with Gasteiger partial charge in [-0.2, -0.15) is 5.10 Å². The first-order valence-corrected chi connectivity index (χ1v) is 5.87. The lowest BCUT2D eigenvalue weighted by molar-refractivity contribution is 0.112. The van der Waals surface area contributed by atoms with Crippen LogP contribution >= 0.6 is 0 Å². The number of rotatable bonds is 3. The smallest absolute Gasteiger partial charge is 0.240 e. The molecule has 1 aromatic carbocycles. The number of benzene rings is 1. The van der Waals surface area contributed by atoms with Crippen molar-refractivity contribution in [1.82, 2.24) is 14.6 Å². The molecule has 0 bridgehead atoms. The van der Waals surface area contributed by atoms with Gasteiger partial charge in [-0.05, 0) is 24.3 Å². The van der Waals surface area contributed by atoms with Crippen LogP contribution in [0.3, 0.4) is 0 Å². The maximum absolute atomic E-state index is 13.0. The van der Waals surface area contributed by atoms with E-state index in [0.29, 0.717) is 34.5 Å². The standard InChI is InChI=1S/C14H10FN3O2/c1-20-14-13-11(8-19)12(17-18(13)7-6-16-14)9-2-4-10(15)5-3-9/h2-8H,1H3. The molecule has 0 saturated heterocycles. The first kappa shape index (κ1) is 12.3. The fourth-order valence-corrected chi connectivity index (χ4v) is 2.08. The van der Waals surface area contributed by atoms with E-state index in [1.807, 2.05) is 0 Å². The van der Waals surface area contributed by atoms with Gasteiger partial charge in [-0.3, -0.25) is 4.79 Å². The molecule has 3 aromatic rings. The molecule has 0 N–H and O–H groups in total. The number of methoxy groups -OCH3 is 1. The summed E-state index contributed by atoms with van der Waals surface area (Å²) in [5.41, 5.74) is 1.97. The minimum atomic E-state index is -0.343. The molecule has 0 amide bonds. The van der Waals surface area contributed by atoms with Crippen molar-refractivity contribution in [1.29, 1.82) is 0 Å². The molecule has 2 aromatic heterocycles. The third-order valence-corrected chi connectivity index (χ3v) is 2.98. The van der Waals surface area contributed by atoms with Crippen molar-refractivity contribution in [2.24, 2.45) is 0 Å². The van der Waals surface area contributed by atoms with Crippen molar-refractivity contribution < 1.29 is 13.9 Å². The fraction of sp³-hybridized carbons (Fsp3) is 0.0714. The van der Waals surface area contributed by atoms with E-state index in [2.05, 4.69) is 10.1 Å². The highest BCUT2D eigenvalue weighted by Gasteiger charge is 2.18. The van der Waals surface area contributed by atoms with Crippen molar-refractivity contribution >= 4 is 11.8 Å². The van der Waals surface area contributed by atoms with Crippen LogP contribution in [0, 0.1) is 5.82 Å². The minimum absolute atomic E-state index is 0.315. The van der Waals surface area contributed by atoms with Crippen molar-refractivity contribution in [2.75, 3.05) is 7.11 Å². The Morgan fingerprint density at radius 2 is 2.05 bits per heavy atom. The van der Waals surface area contributed by atoms with E-state index in [1.165, 1.54) is 30.0 Å². The van der Waals surface area contributed by atoms with Crippen LogP contribution in [-0.2, 0) is 0 Å². The summed E-state index contributed by atoms with van der Waals surface area (Å²) in [5.74, 6) is -0.0279. The molecule has 0 aliphatic carbocycles. The number of halogens is 1. The van der Waals surface area contributed by atoms with E-state index in [9.17, 15) is 9.18 Å². The Morgan fingerprint density at radius 3 is 2.70 bits per heavy atom. The molecule has 0 saturated carbocycles. The topological polar surface area (TPSA) is 56.5 Å². The normalized spacial score (nSPS) is 10.7. The molecule has 3 rings (SSSR count). The number of carbonyl (C=O) groups is 1. The van der Waals surface area contributed by atoms with Crippen molar-refractivity contribution in [3.8, 4) is 17.1 Å². The van der Waals surface area contributed by atoms with E-state index in [-0.39, 0.29) is 5.82 Å². The lowest BCUT2D eigenvalue weighted by Crippen LogP contribution is -1.94. The predicted octanol–water partition coefficient (Wildman–Crippen LogP) is 2.36. The Balaban J connectivity index is 2.31. The molecule has 100 valence electrons. The van der Waals surface area contributed by atoms with Gasteiger partial charge < -0.3 is 4.74 Å². The van der Waals surface area contributed by atoms with Crippen LogP contribution in [0.25, 0.3) is 16.8 Å². The molecule has 0 radical (unpaired) electrons. The number of fused-ring (bicyclic) bond motifs is 1. The number of carbonyl (C=O) groups excluding carboxylic acids is 1. The molecular formula is C14H10FN3O2. The average molecular weight is 271 g/mol. The zero-order chi connectivity index (χ0) is 14.1. The van der Waals surface area contributed by atoms with E-state index in [1.54, 1.807) is 18.3 Å². The Morgan fingerprint density at radius 1 is 1.30 bits per heavy atom. The maximum atomic E-state index is 13.0. The number of nitrogens with zero attached hydrogens (tertiary/aromatic N) is 3. The van der Waals surface area contributed by atoms with Crippen LogP contribution in [0.5, 0.6) is 5.88 Å². The molecule has 0 unspecified atom stereocenters. The van der Waals surface area contributed by atoms with Crippen LogP contribution in [-0.4, -0.2) is 28.0 Å². The van der Waals surface area contributed by atoms with E-state index in [4.69, 9.17) is 4.74 Å². The Kier molecular flexibility index (Phi) is 2.90. The molecule has 0 atom stereocenters. The number of hydrogen-bond donors (Lipinski definition) is 0. The molecule has 6 heteroatoms. The second kappa shape index (κ2) is 4.73. The summed E-state index contributed by atoms with van der Waals surface area (Å²) in [6.45, 7) is 0. The lowest BCUT2D eigenvalue weighted by atomic mass is 10.1. The molecule has 0 aliphatic rings. The van der Waals surface area contributed by atoms with Gasteiger partial charge >= 0.3 is 0 Å². The number of hydrogen-bond acceptors (Lipinski definition) is 4. The van der Waals surface area contributed by atoms with Crippen LogP contribution in [0.2, 0.25) is 0 Å². The van der Waals surface area contributed by atoms with Crippen molar-refractivity contribution in [3.63, 3.8) is 0 Å². The molecule has 0 aliphatic heterocycles. The van der Waals surface area contributed by atoms with Crippen LogP contribution in [0.15, 0.2) is 36.7 Å². The van der Waals surface area contributed by atoms with E-state index < -0.39 is 0 Å². The SMILES string of the molecule is COc1nccn2nc(-c3ccc(F)cc3)c(C=O)c12. The zero-order valence-electron chi connectivity index (χ0n) is 10.6.